The molecule has 26 heavy (non-hydrogen) atoms. The molecule has 3 rings (SSSR count). The molecule has 0 amide bonds. The molecule has 1 unspecified atom stereocenters. The molecule has 0 aliphatic heterocycles. The minimum Gasteiger partial charge on any atom is -0.464 e. The van der Waals surface area contributed by atoms with Gasteiger partial charge < -0.3 is 9.73 Å². The highest BCUT2D eigenvalue weighted by Crippen LogP contribution is 2.22. The second kappa shape index (κ2) is 9.38. The Kier molecular flexibility index (Phi) is 6.93. The smallest absolute Gasteiger partial charge is 0.284 e. The van der Waals surface area contributed by atoms with Crippen LogP contribution < -0.4 is 5.32 Å². The van der Waals surface area contributed by atoms with Crippen molar-refractivity contribution >= 4 is 29.2 Å². The lowest BCUT2D eigenvalue weighted by atomic mass is 10.2. The lowest BCUT2D eigenvalue weighted by molar-refractivity contribution is 0.251. The number of fused-ring (bicyclic) bond motifs is 1. The fourth-order valence-corrected chi connectivity index (χ4v) is 3.54. The summed E-state index contributed by atoms with van der Waals surface area (Å²) in [7, 11) is 0. The third-order valence-corrected chi connectivity index (χ3v) is 5.20. The van der Waals surface area contributed by atoms with Gasteiger partial charge in [-0.2, -0.15) is 20.5 Å². The van der Waals surface area contributed by atoms with Crippen molar-refractivity contribution in [1.82, 2.24) is 19.9 Å². The number of alkyl halides is 2. The molecule has 9 heteroatoms. The Morgan fingerprint density at radius 1 is 1.19 bits per heavy atom. The molecular weight excluding hydrogens is 378 g/mol. The Labute approximate surface area is 158 Å². The summed E-state index contributed by atoms with van der Waals surface area (Å²) in [4.78, 5) is 0. The first-order valence-corrected chi connectivity index (χ1v) is 10.6. The van der Waals surface area contributed by atoms with Crippen LogP contribution in [0, 0.1) is 0 Å². The molecule has 5 nitrogen and oxygen atoms in total. The van der Waals surface area contributed by atoms with Gasteiger partial charge in [0.2, 0.25) is 0 Å². The van der Waals surface area contributed by atoms with Crippen molar-refractivity contribution in [2.45, 2.75) is 30.5 Å². The van der Waals surface area contributed by atoms with Gasteiger partial charge in [-0.1, -0.05) is 17.8 Å². The van der Waals surface area contributed by atoms with Crippen molar-refractivity contribution in [3.8, 4) is 0 Å². The van der Waals surface area contributed by atoms with Crippen molar-refractivity contribution in [2.24, 2.45) is 0 Å². The van der Waals surface area contributed by atoms with Crippen LogP contribution in [0.15, 0.2) is 40.9 Å². The average molecular weight is 399 g/mol. The van der Waals surface area contributed by atoms with Crippen LogP contribution in [-0.4, -0.2) is 32.4 Å². The molecule has 0 aromatic carbocycles. The molecule has 0 radical (unpaired) electrons. The number of pyridine rings is 1. The van der Waals surface area contributed by atoms with Crippen LogP contribution in [0.3, 0.4) is 0 Å². The van der Waals surface area contributed by atoms with E-state index in [9.17, 15) is 8.78 Å². The van der Waals surface area contributed by atoms with Crippen molar-refractivity contribution in [3.63, 3.8) is 0 Å². The maximum atomic E-state index is 12.3. The third-order valence-electron chi connectivity index (χ3n) is 3.85. The Morgan fingerprint density at radius 3 is 2.85 bits per heavy atom. The predicted molar refractivity (Wildman–Crippen MR) is 102 cm³/mol. The predicted octanol–water partition coefficient (Wildman–Crippen LogP) is 4.36. The summed E-state index contributed by atoms with van der Waals surface area (Å²) in [6, 6.07) is 9.38. The normalized spacial score (nSPS) is 12.9. The minimum atomic E-state index is -2.39. The largest absolute Gasteiger partial charge is 0.464 e. The topological polar surface area (TPSA) is 55.4 Å². The van der Waals surface area contributed by atoms with Gasteiger partial charge in [0.05, 0.1) is 18.3 Å². The molecule has 1 atom stereocenters. The number of nitrogens with zero attached hydrogens (tertiary/aromatic N) is 3. The molecule has 0 aliphatic carbocycles. The van der Waals surface area contributed by atoms with Crippen LogP contribution in [0.4, 0.5) is 8.78 Å². The number of halogens is 2. The molecule has 0 aliphatic rings. The summed E-state index contributed by atoms with van der Waals surface area (Å²) in [5.41, 5.74) is 0.808. The monoisotopic (exact) mass is 398 g/mol. The van der Waals surface area contributed by atoms with Gasteiger partial charge in [-0.15, -0.1) is 10.2 Å². The number of rotatable bonds is 10. The van der Waals surface area contributed by atoms with Gasteiger partial charge in [-0.05, 0) is 42.7 Å². The zero-order valence-corrected chi connectivity index (χ0v) is 15.9. The molecule has 140 valence electrons. The molecule has 0 fully saturated rings. The molecular formula is C17H20F2N4OS2. The first kappa shape index (κ1) is 19.2. The minimum absolute atomic E-state index is 0.0174. The lowest BCUT2D eigenvalue weighted by Gasteiger charge is -2.16. The fourth-order valence-electron chi connectivity index (χ4n) is 2.62. The van der Waals surface area contributed by atoms with Gasteiger partial charge in [0, 0.05) is 6.20 Å². The highest BCUT2D eigenvalue weighted by atomic mass is 32.2. The molecule has 3 heterocycles. The van der Waals surface area contributed by atoms with Crippen molar-refractivity contribution in [3.05, 3.63) is 53.9 Å². The van der Waals surface area contributed by atoms with Crippen molar-refractivity contribution in [2.75, 3.05) is 12.0 Å². The average Bonchev–Trinajstić information content (AvgIpc) is 3.27. The molecule has 0 spiro atoms. The van der Waals surface area contributed by atoms with Crippen LogP contribution in [-0.2, 0) is 12.3 Å². The van der Waals surface area contributed by atoms with E-state index in [1.165, 1.54) is 0 Å². The highest BCUT2D eigenvalue weighted by molar-refractivity contribution is 7.98. The Hall–Kier alpha value is -1.58. The van der Waals surface area contributed by atoms with Crippen molar-refractivity contribution < 1.29 is 13.2 Å². The van der Waals surface area contributed by atoms with E-state index in [-0.39, 0.29) is 11.8 Å². The quantitative estimate of drug-likeness (QED) is 0.548. The second-order valence-electron chi connectivity index (χ2n) is 5.64. The van der Waals surface area contributed by atoms with Gasteiger partial charge in [0.25, 0.3) is 5.76 Å². The van der Waals surface area contributed by atoms with Gasteiger partial charge in [-0.3, -0.25) is 4.40 Å². The van der Waals surface area contributed by atoms with E-state index in [2.05, 4.69) is 21.8 Å². The van der Waals surface area contributed by atoms with Gasteiger partial charge in [-0.25, -0.2) is 0 Å². The first-order chi connectivity index (χ1) is 12.7. The summed E-state index contributed by atoms with van der Waals surface area (Å²) >= 11 is 2.33. The molecule has 1 N–H and O–H groups in total. The number of furan rings is 1. The Bertz CT molecular complexity index is 824. The van der Waals surface area contributed by atoms with Gasteiger partial charge in [0.1, 0.15) is 11.5 Å². The van der Waals surface area contributed by atoms with Crippen LogP contribution in [0.2, 0.25) is 0 Å². The zero-order chi connectivity index (χ0) is 18.4. The number of nitrogens with one attached hydrogen (secondary N) is 1. The number of hydrogen-bond donors (Lipinski definition) is 1. The van der Waals surface area contributed by atoms with Crippen LogP contribution in [0.25, 0.3) is 5.65 Å². The van der Waals surface area contributed by atoms with Crippen LogP contribution in [0.1, 0.15) is 29.8 Å². The van der Waals surface area contributed by atoms with Crippen molar-refractivity contribution in [1.29, 1.82) is 0 Å². The van der Waals surface area contributed by atoms with E-state index < -0.39 is 5.76 Å². The summed E-state index contributed by atoms with van der Waals surface area (Å²) in [5, 5.41) is 12.0. The zero-order valence-electron chi connectivity index (χ0n) is 14.3. The summed E-state index contributed by atoms with van der Waals surface area (Å²) < 4.78 is 32.2. The fraction of sp³-hybridized carbons (Fsp3) is 0.412. The number of aromatic nitrogens is 3. The number of hydrogen-bond acceptors (Lipinski definition) is 6. The lowest BCUT2D eigenvalue weighted by Crippen LogP contribution is -2.23. The summed E-state index contributed by atoms with van der Waals surface area (Å²) in [5.74, 6) is 0.892. The molecule has 3 aromatic rings. The van der Waals surface area contributed by atoms with Crippen LogP contribution in [0.5, 0.6) is 0 Å². The molecule has 0 bridgehead atoms. The van der Waals surface area contributed by atoms with E-state index in [0.717, 1.165) is 29.4 Å². The molecule has 0 saturated carbocycles. The maximum absolute atomic E-state index is 12.3. The SMILES string of the molecule is CSCCC(NCc1ccc(CSC(F)F)o1)c1nnc2ccccn12. The Balaban J connectivity index is 1.67. The van der Waals surface area contributed by atoms with Gasteiger partial charge >= 0.3 is 0 Å². The van der Waals surface area contributed by atoms with Gasteiger partial charge in [0.15, 0.2) is 11.5 Å². The second-order valence-corrected chi connectivity index (χ2v) is 7.61. The Morgan fingerprint density at radius 2 is 2.04 bits per heavy atom. The maximum Gasteiger partial charge on any atom is 0.284 e. The van der Waals surface area contributed by atoms with E-state index in [1.807, 2.05) is 34.9 Å². The van der Waals surface area contributed by atoms with E-state index in [4.69, 9.17) is 4.42 Å². The third kappa shape index (κ3) is 4.99. The number of thioether (sulfide) groups is 2. The van der Waals surface area contributed by atoms with E-state index >= 15 is 0 Å². The van der Waals surface area contributed by atoms with E-state index in [1.54, 1.807) is 17.8 Å². The van der Waals surface area contributed by atoms with E-state index in [0.29, 0.717) is 24.1 Å². The summed E-state index contributed by atoms with van der Waals surface area (Å²) in [6.45, 7) is 0.500. The molecule has 0 saturated heterocycles. The standard InChI is InChI=1S/C17H20F2N4OS2/c1-25-9-7-14(16-22-21-15-4-2-3-8-23(15)16)20-10-12-5-6-13(24-12)11-26-17(18)19/h2-6,8,14,17,20H,7,9-11H2,1H3. The molecule has 3 aromatic heterocycles. The highest BCUT2D eigenvalue weighted by Gasteiger charge is 2.18. The van der Waals surface area contributed by atoms with Crippen LogP contribution >= 0.6 is 23.5 Å². The summed E-state index contributed by atoms with van der Waals surface area (Å²) in [6.07, 6.45) is 4.91. The first-order valence-electron chi connectivity index (χ1n) is 8.16.